The quantitative estimate of drug-likeness (QED) is 0.636. The Labute approximate surface area is 173 Å². The number of ether oxygens (including phenoxy) is 1. The van der Waals surface area contributed by atoms with Crippen LogP contribution >= 0.6 is 0 Å². The highest BCUT2D eigenvalue weighted by Crippen LogP contribution is 2.19. The molecular weight excluding hydrogens is 388 g/mol. The normalized spacial score (nSPS) is 16.3. The Balaban J connectivity index is 1.58. The number of nitrogens with one attached hydrogen (secondary N) is 1. The fraction of sp³-hybridized carbons (Fsp3) is 0.273. The largest absolute Gasteiger partial charge is 0.489 e. The summed E-state index contributed by atoms with van der Waals surface area (Å²) in [5.74, 6) is -3.93. The number of aliphatic carboxylic acids is 1. The van der Waals surface area contributed by atoms with Crippen molar-refractivity contribution in [1.29, 1.82) is 0 Å². The van der Waals surface area contributed by atoms with Crippen molar-refractivity contribution in [3.8, 4) is 5.75 Å². The van der Waals surface area contributed by atoms with Crippen molar-refractivity contribution in [2.45, 2.75) is 19.6 Å². The van der Waals surface area contributed by atoms with E-state index in [4.69, 9.17) is 9.84 Å². The summed E-state index contributed by atoms with van der Waals surface area (Å²) in [6, 6.07) is 17.0. The molecule has 2 N–H and O–H groups in total. The second kappa shape index (κ2) is 9.69. The predicted octanol–water partition coefficient (Wildman–Crippen LogP) is 1.38. The van der Waals surface area contributed by atoms with Crippen molar-refractivity contribution in [2.75, 3.05) is 13.1 Å². The van der Waals surface area contributed by atoms with Gasteiger partial charge in [-0.2, -0.15) is 0 Å². The number of Topliss-reactive ketones (excluding diaryl/α,β-unsaturated/α-hetero) is 1. The van der Waals surface area contributed by atoms with Crippen LogP contribution in [0.1, 0.15) is 17.5 Å². The summed E-state index contributed by atoms with van der Waals surface area (Å²) in [4.78, 5) is 48.8. The van der Waals surface area contributed by atoms with E-state index in [1.54, 1.807) is 0 Å². The molecule has 1 fully saturated rings. The molecule has 3 rings (SSSR count). The van der Waals surface area contributed by atoms with Crippen molar-refractivity contribution >= 4 is 23.6 Å². The summed E-state index contributed by atoms with van der Waals surface area (Å²) in [5, 5.41) is 10.8. The van der Waals surface area contributed by atoms with Crippen LogP contribution in [0.25, 0.3) is 0 Å². The number of likely N-dealkylation sites (tertiary alicyclic amines) is 1. The number of ketones is 1. The van der Waals surface area contributed by atoms with Crippen molar-refractivity contribution in [2.24, 2.45) is 5.92 Å². The van der Waals surface area contributed by atoms with Gasteiger partial charge in [-0.3, -0.25) is 19.2 Å². The van der Waals surface area contributed by atoms with Crippen LogP contribution in [-0.4, -0.2) is 46.7 Å². The highest BCUT2D eigenvalue weighted by Gasteiger charge is 2.40. The lowest BCUT2D eigenvalue weighted by Gasteiger charge is -2.30. The fourth-order valence-corrected chi connectivity index (χ4v) is 3.14. The zero-order chi connectivity index (χ0) is 21.5. The Hall–Kier alpha value is -3.68. The number of carbonyl (C=O) groups excluding carboxylic acids is 3. The summed E-state index contributed by atoms with van der Waals surface area (Å²) in [6.45, 7) is 0.254. The van der Waals surface area contributed by atoms with Crippen LogP contribution in [0.2, 0.25) is 0 Å². The topological polar surface area (TPSA) is 113 Å². The molecule has 1 saturated heterocycles. The van der Waals surface area contributed by atoms with E-state index < -0.39 is 36.0 Å². The van der Waals surface area contributed by atoms with E-state index in [2.05, 4.69) is 5.32 Å². The van der Waals surface area contributed by atoms with E-state index in [0.717, 1.165) is 16.9 Å². The second-order valence-corrected chi connectivity index (χ2v) is 6.94. The molecule has 30 heavy (non-hydrogen) atoms. The average Bonchev–Trinajstić information content (AvgIpc) is 2.74. The van der Waals surface area contributed by atoms with E-state index in [0.29, 0.717) is 6.61 Å². The Morgan fingerprint density at radius 1 is 1.03 bits per heavy atom. The van der Waals surface area contributed by atoms with Gasteiger partial charge in [0.2, 0.25) is 11.8 Å². The van der Waals surface area contributed by atoms with E-state index in [-0.39, 0.29) is 19.5 Å². The molecule has 0 spiro atoms. The summed E-state index contributed by atoms with van der Waals surface area (Å²) in [7, 11) is 0. The predicted molar refractivity (Wildman–Crippen MR) is 106 cm³/mol. The molecule has 156 valence electrons. The van der Waals surface area contributed by atoms with Crippen LogP contribution in [0.15, 0.2) is 54.6 Å². The molecule has 1 heterocycles. The number of para-hydroxylation sites is 1. The Bertz CT molecular complexity index is 926. The fourth-order valence-electron chi connectivity index (χ4n) is 3.14. The second-order valence-electron chi connectivity index (χ2n) is 6.94. The number of carboxylic acid groups (broad SMARTS) is 1. The van der Waals surface area contributed by atoms with Crippen molar-refractivity contribution in [3.63, 3.8) is 0 Å². The van der Waals surface area contributed by atoms with Gasteiger partial charge in [-0.05, 0) is 23.3 Å². The van der Waals surface area contributed by atoms with Gasteiger partial charge < -0.3 is 20.1 Å². The molecule has 1 aliphatic rings. The maximum Gasteiger partial charge on any atom is 0.322 e. The molecule has 2 amide bonds. The molecule has 0 aromatic heterocycles. The molecule has 8 nitrogen and oxygen atoms in total. The lowest BCUT2D eigenvalue weighted by Crippen LogP contribution is -2.52. The molecule has 0 radical (unpaired) electrons. The Kier molecular flexibility index (Phi) is 6.79. The van der Waals surface area contributed by atoms with Gasteiger partial charge in [0.25, 0.3) is 0 Å². The van der Waals surface area contributed by atoms with Gasteiger partial charge in [0.1, 0.15) is 18.9 Å². The first-order valence-corrected chi connectivity index (χ1v) is 9.50. The molecule has 0 bridgehead atoms. The molecule has 8 heteroatoms. The minimum absolute atomic E-state index is 0.0555. The number of carboxylic acids is 1. The lowest BCUT2D eigenvalue weighted by atomic mass is 9.94. The molecule has 2 aromatic carbocycles. The molecule has 1 atom stereocenters. The maximum atomic E-state index is 12.6. The van der Waals surface area contributed by atoms with Crippen LogP contribution in [0.3, 0.4) is 0 Å². The maximum absolute atomic E-state index is 12.6. The Morgan fingerprint density at radius 2 is 1.70 bits per heavy atom. The van der Waals surface area contributed by atoms with Crippen LogP contribution in [0, 0.1) is 5.92 Å². The summed E-state index contributed by atoms with van der Waals surface area (Å²) < 4.78 is 5.70. The minimum atomic E-state index is -1.49. The summed E-state index contributed by atoms with van der Waals surface area (Å²) >= 11 is 0. The molecular formula is C22H22N2O6. The van der Waals surface area contributed by atoms with Gasteiger partial charge in [-0.25, -0.2) is 0 Å². The van der Waals surface area contributed by atoms with E-state index in [1.807, 2.05) is 54.6 Å². The zero-order valence-electron chi connectivity index (χ0n) is 16.2. The first-order valence-electron chi connectivity index (χ1n) is 9.50. The third kappa shape index (κ3) is 5.44. The number of hydrogen-bond acceptors (Lipinski definition) is 5. The van der Waals surface area contributed by atoms with Crippen LogP contribution < -0.4 is 10.1 Å². The van der Waals surface area contributed by atoms with E-state index in [1.165, 1.54) is 4.90 Å². The number of amides is 2. The third-order valence-corrected chi connectivity index (χ3v) is 4.73. The number of piperidine rings is 1. The number of rotatable bonds is 8. The average molecular weight is 410 g/mol. The van der Waals surface area contributed by atoms with Crippen molar-refractivity contribution in [3.05, 3.63) is 65.7 Å². The van der Waals surface area contributed by atoms with Crippen LogP contribution in [0.5, 0.6) is 5.75 Å². The number of nitrogens with zero attached hydrogens (tertiary/aromatic N) is 1. The molecule has 1 aliphatic heterocycles. The summed E-state index contributed by atoms with van der Waals surface area (Å²) in [5.41, 5.74) is 1.82. The molecule has 1 unspecified atom stereocenters. The third-order valence-electron chi connectivity index (χ3n) is 4.73. The first kappa shape index (κ1) is 21.0. The Morgan fingerprint density at radius 3 is 2.37 bits per heavy atom. The van der Waals surface area contributed by atoms with Crippen LogP contribution in [-0.2, 0) is 32.3 Å². The van der Waals surface area contributed by atoms with Gasteiger partial charge in [-0.15, -0.1) is 0 Å². The number of hydrogen-bond donors (Lipinski definition) is 2. The standard InChI is InChI=1S/C22H22N2O6/c25-18-10-11-24(22(29)20(18)21(28)23-12-19(26)27)13-15-6-8-16(9-7-15)14-30-17-4-2-1-3-5-17/h1-9,20H,10-14H2,(H,23,28)(H,26,27). The SMILES string of the molecule is O=C(O)CNC(=O)C1C(=O)CCN(Cc2ccc(COc3ccccc3)cc2)C1=O. The van der Waals surface area contributed by atoms with Gasteiger partial charge in [0.05, 0.1) is 0 Å². The first-order chi connectivity index (χ1) is 14.4. The molecule has 0 aliphatic carbocycles. The molecule has 0 saturated carbocycles. The van der Waals surface area contributed by atoms with Crippen LogP contribution in [0.4, 0.5) is 0 Å². The van der Waals surface area contributed by atoms with Crippen molar-refractivity contribution < 1.29 is 29.0 Å². The summed E-state index contributed by atoms with van der Waals surface area (Å²) in [6.07, 6.45) is 0.0555. The van der Waals surface area contributed by atoms with Gasteiger partial charge >= 0.3 is 5.97 Å². The van der Waals surface area contributed by atoms with Gasteiger partial charge in [0.15, 0.2) is 11.7 Å². The van der Waals surface area contributed by atoms with E-state index in [9.17, 15) is 19.2 Å². The number of carbonyl (C=O) groups is 4. The molecule has 2 aromatic rings. The van der Waals surface area contributed by atoms with Gasteiger partial charge in [0, 0.05) is 19.5 Å². The van der Waals surface area contributed by atoms with E-state index >= 15 is 0 Å². The zero-order valence-corrected chi connectivity index (χ0v) is 16.2. The lowest BCUT2D eigenvalue weighted by molar-refractivity contribution is -0.152. The number of benzene rings is 2. The highest BCUT2D eigenvalue weighted by molar-refractivity contribution is 6.19. The van der Waals surface area contributed by atoms with Gasteiger partial charge in [-0.1, -0.05) is 42.5 Å². The van der Waals surface area contributed by atoms with Crippen molar-refractivity contribution in [1.82, 2.24) is 10.2 Å². The highest BCUT2D eigenvalue weighted by atomic mass is 16.5. The smallest absolute Gasteiger partial charge is 0.322 e. The monoisotopic (exact) mass is 410 g/mol. The minimum Gasteiger partial charge on any atom is -0.489 e.